The number of aromatic nitrogens is 5. The molecule has 0 bridgehead atoms. The Kier molecular flexibility index (Phi) is 4.16. The van der Waals surface area contributed by atoms with Gasteiger partial charge in [-0.3, -0.25) is 14.5 Å². The van der Waals surface area contributed by atoms with Gasteiger partial charge in [-0.2, -0.15) is 5.10 Å². The Morgan fingerprint density at radius 1 is 1.35 bits per heavy atom. The molecule has 1 amide bonds. The molecule has 4 rings (SSSR count). The van der Waals surface area contributed by atoms with Crippen LogP contribution in [0.4, 0.5) is 0 Å². The smallest absolute Gasteiger partial charge is 0.342 e. The van der Waals surface area contributed by atoms with Gasteiger partial charge >= 0.3 is 5.69 Å². The number of hydrogen-bond acceptors (Lipinski definition) is 4. The van der Waals surface area contributed by atoms with E-state index in [2.05, 4.69) is 32.6 Å². The Bertz CT molecular complexity index is 985. The summed E-state index contributed by atoms with van der Waals surface area (Å²) in [5.41, 5.74) is 2.98. The maximum atomic E-state index is 12.4. The maximum absolute atomic E-state index is 12.4. The summed E-state index contributed by atoms with van der Waals surface area (Å²) in [6.45, 7) is 0.713. The van der Waals surface area contributed by atoms with Gasteiger partial charge in [0.05, 0.1) is 18.8 Å². The summed E-state index contributed by atoms with van der Waals surface area (Å²) in [6.07, 6.45) is 4.59. The first-order valence-corrected chi connectivity index (χ1v) is 8.64. The van der Waals surface area contributed by atoms with E-state index in [0.29, 0.717) is 6.54 Å². The average molecular weight is 352 g/mol. The number of carbonyl (C=O) groups is 1. The van der Waals surface area contributed by atoms with Crippen molar-refractivity contribution in [3.63, 3.8) is 0 Å². The Morgan fingerprint density at radius 2 is 2.15 bits per heavy atom. The Morgan fingerprint density at radius 3 is 2.88 bits per heavy atom. The summed E-state index contributed by atoms with van der Waals surface area (Å²) >= 11 is 0. The molecule has 8 nitrogen and oxygen atoms in total. The van der Waals surface area contributed by atoms with Crippen LogP contribution in [0.3, 0.4) is 0 Å². The third kappa shape index (κ3) is 3.05. The molecule has 0 spiro atoms. The molecule has 1 unspecified atom stereocenters. The van der Waals surface area contributed by atoms with Crippen LogP contribution >= 0.6 is 0 Å². The SMILES string of the molecule is Cn1nc(C(=O)NC2CCCc3c2cnn3Cc2ccccc2)[nH]c1=O. The number of aryl methyl sites for hydroxylation is 1. The molecule has 2 heterocycles. The van der Waals surface area contributed by atoms with Crippen LogP contribution in [0, 0.1) is 0 Å². The first-order chi connectivity index (χ1) is 12.6. The lowest BCUT2D eigenvalue weighted by Crippen LogP contribution is -2.32. The summed E-state index contributed by atoms with van der Waals surface area (Å²) in [7, 11) is 1.50. The minimum absolute atomic E-state index is 0.0290. The average Bonchev–Trinajstić information content (AvgIpc) is 3.20. The number of benzene rings is 1. The van der Waals surface area contributed by atoms with Crippen LogP contribution in [-0.2, 0) is 20.0 Å². The summed E-state index contributed by atoms with van der Waals surface area (Å²) in [4.78, 5) is 26.3. The van der Waals surface area contributed by atoms with Crippen LogP contribution in [-0.4, -0.2) is 30.5 Å². The van der Waals surface area contributed by atoms with Crippen molar-refractivity contribution in [3.05, 3.63) is 69.7 Å². The van der Waals surface area contributed by atoms with E-state index in [1.807, 2.05) is 29.1 Å². The van der Waals surface area contributed by atoms with E-state index in [0.717, 1.165) is 35.2 Å². The number of rotatable bonds is 4. The van der Waals surface area contributed by atoms with E-state index in [1.165, 1.54) is 12.6 Å². The molecule has 0 aliphatic heterocycles. The Labute approximate surface area is 149 Å². The molecule has 3 aromatic rings. The van der Waals surface area contributed by atoms with E-state index in [1.54, 1.807) is 0 Å². The van der Waals surface area contributed by atoms with Crippen molar-refractivity contribution in [1.82, 2.24) is 29.9 Å². The number of H-pyrrole nitrogens is 1. The van der Waals surface area contributed by atoms with Gasteiger partial charge in [0.2, 0.25) is 5.82 Å². The van der Waals surface area contributed by atoms with E-state index < -0.39 is 5.69 Å². The van der Waals surface area contributed by atoms with Gasteiger partial charge in [-0.1, -0.05) is 30.3 Å². The van der Waals surface area contributed by atoms with Crippen LogP contribution in [0.15, 0.2) is 41.3 Å². The lowest BCUT2D eigenvalue weighted by Gasteiger charge is -2.23. The standard InChI is InChI=1S/C18H20N6O2/c1-23-18(26)21-16(22-23)17(25)20-14-8-5-9-15-13(14)10-19-24(15)11-12-6-3-2-4-7-12/h2-4,6-7,10,14H,5,8-9,11H2,1H3,(H,20,25)(H,21,22,26). The monoisotopic (exact) mass is 352 g/mol. The molecule has 8 heteroatoms. The fourth-order valence-electron chi connectivity index (χ4n) is 3.39. The highest BCUT2D eigenvalue weighted by Gasteiger charge is 2.26. The molecule has 0 fully saturated rings. The molecule has 2 N–H and O–H groups in total. The summed E-state index contributed by atoms with van der Waals surface area (Å²) in [5.74, 6) is -0.349. The fourth-order valence-corrected chi connectivity index (χ4v) is 3.39. The molecule has 0 saturated carbocycles. The van der Waals surface area contributed by atoms with Crippen molar-refractivity contribution in [2.24, 2.45) is 7.05 Å². The molecule has 1 aliphatic carbocycles. The van der Waals surface area contributed by atoms with Gasteiger partial charge in [0, 0.05) is 18.3 Å². The van der Waals surface area contributed by atoms with E-state index >= 15 is 0 Å². The Balaban J connectivity index is 1.54. The molecular formula is C18H20N6O2. The zero-order valence-corrected chi connectivity index (χ0v) is 14.5. The third-order valence-electron chi connectivity index (χ3n) is 4.73. The summed E-state index contributed by atoms with van der Waals surface area (Å²) in [6, 6.07) is 10.1. The number of fused-ring (bicyclic) bond motifs is 1. The van der Waals surface area contributed by atoms with Crippen LogP contribution < -0.4 is 11.0 Å². The lowest BCUT2D eigenvalue weighted by atomic mass is 9.93. The van der Waals surface area contributed by atoms with Crippen LogP contribution in [0.5, 0.6) is 0 Å². The highest BCUT2D eigenvalue weighted by atomic mass is 16.2. The molecule has 26 heavy (non-hydrogen) atoms. The molecular weight excluding hydrogens is 332 g/mol. The minimum atomic E-state index is -0.407. The minimum Gasteiger partial charge on any atom is -0.342 e. The van der Waals surface area contributed by atoms with Crippen molar-refractivity contribution in [1.29, 1.82) is 0 Å². The first-order valence-electron chi connectivity index (χ1n) is 8.64. The van der Waals surface area contributed by atoms with Gasteiger partial charge in [0.15, 0.2) is 0 Å². The van der Waals surface area contributed by atoms with E-state index in [4.69, 9.17) is 0 Å². The Hall–Kier alpha value is -3.16. The van der Waals surface area contributed by atoms with Crippen LogP contribution in [0.25, 0.3) is 0 Å². The summed E-state index contributed by atoms with van der Waals surface area (Å²) < 4.78 is 3.12. The van der Waals surface area contributed by atoms with Crippen molar-refractivity contribution >= 4 is 5.91 Å². The van der Waals surface area contributed by atoms with E-state index in [9.17, 15) is 9.59 Å². The van der Waals surface area contributed by atoms with E-state index in [-0.39, 0.29) is 17.8 Å². The highest BCUT2D eigenvalue weighted by Crippen LogP contribution is 2.30. The maximum Gasteiger partial charge on any atom is 0.343 e. The number of carbonyl (C=O) groups excluding carboxylic acids is 1. The number of nitrogens with one attached hydrogen (secondary N) is 2. The molecule has 0 radical (unpaired) electrons. The van der Waals surface area contributed by atoms with Gasteiger partial charge in [-0.15, -0.1) is 5.10 Å². The highest BCUT2D eigenvalue weighted by molar-refractivity contribution is 5.90. The van der Waals surface area contributed by atoms with Gasteiger partial charge in [-0.05, 0) is 24.8 Å². The molecule has 134 valence electrons. The topological polar surface area (TPSA) is 97.6 Å². The second-order valence-electron chi connectivity index (χ2n) is 6.51. The zero-order chi connectivity index (χ0) is 18.1. The molecule has 0 saturated heterocycles. The molecule has 1 aromatic carbocycles. The number of nitrogens with zero attached hydrogens (tertiary/aromatic N) is 4. The zero-order valence-electron chi connectivity index (χ0n) is 14.5. The number of amides is 1. The van der Waals surface area contributed by atoms with Gasteiger partial charge in [0.1, 0.15) is 0 Å². The van der Waals surface area contributed by atoms with Gasteiger partial charge in [0.25, 0.3) is 5.91 Å². The van der Waals surface area contributed by atoms with Crippen LogP contribution in [0.2, 0.25) is 0 Å². The normalized spacial score (nSPS) is 16.3. The van der Waals surface area contributed by atoms with Crippen LogP contribution in [0.1, 0.15) is 46.3 Å². The molecule has 1 atom stereocenters. The van der Waals surface area contributed by atoms with Crippen molar-refractivity contribution in [2.75, 3.05) is 0 Å². The molecule has 1 aliphatic rings. The van der Waals surface area contributed by atoms with Gasteiger partial charge < -0.3 is 5.32 Å². The first kappa shape index (κ1) is 16.3. The van der Waals surface area contributed by atoms with Crippen molar-refractivity contribution < 1.29 is 4.79 Å². The van der Waals surface area contributed by atoms with Crippen molar-refractivity contribution in [2.45, 2.75) is 31.8 Å². The predicted octanol–water partition coefficient (Wildman–Crippen LogP) is 1.16. The predicted molar refractivity (Wildman–Crippen MR) is 94.7 cm³/mol. The second kappa shape index (κ2) is 6.62. The second-order valence-corrected chi connectivity index (χ2v) is 6.51. The summed E-state index contributed by atoms with van der Waals surface area (Å²) in [5, 5.41) is 11.4. The number of hydrogen-bond donors (Lipinski definition) is 2. The van der Waals surface area contributed by atoms with Crippen molar-refractivity contribution in [3.8, 4) is 0 Å². The fraction of sp³-hybridized carbons (Fsp3) is 0.333. The largest absolute Gasteiger partial charge is 0.343 e. The quantitative estimate of drug-likeness (QED) is 0.736. The lowest BCUT2D eigenvalue weighted by molar-refractivity contribution is 0.0922. The third-order valence-corrected chi connectivity index (χ3v) is 4.73. The number of aromatic amines is 1. The molecule has 2 aromatic heterocycles. The van der Waals surface area contributed by atoms with Gasteiger partial charge in [-0.25, -0.2) is 9.48 Å².